The van der Waals surface area contributed by atoms with Crippen molar-refractivity contribution in [1.82, 2.24) is 0 Å². The number of quaternary nitrogens is 1. The molecule has 12 heavy (non-hydrogen) atoms. The number of hydrogen-bond donors (Lipinski definition) is 1. The van der Waals surface area contributed by atoms with Crippen LogP contribution in [-0.2, 0) is 0 Å². The summed E-state index contributed by atoms with van der Waals surface area (Å²) in [7, 11) is -6.00. The van der Waals surface area contributed by atoms with Crippen LogP contribution in [0, 0.1) is 0 Å². The van der Waals surface area contributed by atoms with E-state index in [1.165, 1.54) is 0 Å². The molecule has 0 saturated heterocycles. The summed E-state index contributed by atoms with van der Waals surface area (Å²) in [5.41, 5.74) is 0. The standard InChI is InChI=1S/C6H15N.BF4/c1-5(2)7-6(3)4;2-1(3,4)5/h5-7H,1-4H3;/q;-1/p+1. The maximum Gasteiger partial charge on any atom is 0.673 e. The maximum absolute atomic E-state index is 9.75. The molecular weight excluding hydrogens is 173 g/mol. The van der Waals surface area contributed by atoms with E-state index in [1.807, 2.05) is 0 Å². The molecule has 0 aromatic carbocycles. The average molecular weight is 189 g/mol. The molecule has 0 fully saturated rings. The average Bonchev–Trinajstić information content (AvgIpc) is 1.52. The van der Waals surface area contributed by atoms with Gasteiger partial charge in [0.2, 0.25) is 0 Å². The summed E-state index contributed by atoms with van der Waals surface area (Å²) in [5.74, 6) is 0. The van der Waals surface area contributed by atoms with Crippen LogP contribution in [0.15, 0.2) is 0 Å². The second-order valence-electron chi connectivity index (χ2n) is 3.18. The Hall–Kier alpha value is -0.255. The smallest absolute Gasteiger partial charge is 0.418 e. The van der Waals surface area contributed by atoms with Crippen molar-refractivity contribution in [2.45, 2.75) is 39.8 Å². The van der Waals surface area contributed by atoms with Crippen LogP contribution in [0.5, 0.6) is 0 Å². The first-order chi connectivity index (χ1) is 5.13. The van der Waals surface area contributed by atoms with E-state index >= 15 is 0 Å². The lowest BCUT2D eigenvalue weighted by Gasteiger charge is -2.06. The maximum atomic E-state index is 9.75. The molecule has 0 aliphatic rings. The van der Waals surface area contributed by atoms with Crippen LogP contribution in [-0.4, -0.2) is 19.3 Å². The fraction of sp³-hybridized carbons (Fsp3) is 1.00. The molecule has 0 heterocycles. The normalized spacial score (nSPS) is 11.5. The Morgan fingerprint density at radius 1 is 0.833 bits per heavy atom. The first kappa shape index (κ1) is 14.3. The monoisotopic (exact) mass is 189 g/mol. The molecule has 0 unspecified atom stereocenters. The molecule has 2 N–H and O–H groups in total. The molecule has 0 atom stereocenters. The molecule has 0 aliphatic carbocycles. The molecule has 0 aliphatic heterocycles. The number of nitrogens with two attached hydrogens (primary N) is 1. The Balaban J connectivity index is 0. The van der Waals surface area contributed by atoms with Crippen LogP contribution in [0.1, 0.15) is 27.7 Å². The summed E-state index contributed by atoms with van der Waals surface area (Å²) < 4.78 is 39.0. The topological polar surface area (TPSA) is 16.6 Å². The predicted octanol–water partition coefficient (Wildman–Crippen LogP) is 1.67. The third-order valence-electron chi connectivity index (χ3n) is 0.770. The van der Waals surface area contributed by atoms with Crippen LogP contribution >= 0.6 is 0 Å². The van der Waals surface area contributed by atoms with Crippen molar-refractivity contribution in [2.24, 2.45) is 0 Å². The van der Waals surface area contributed by atoms with E-state index in [2.05, 4.69) is 33.0 Å². The lowest BCUT2D eigenvalue weighted by molar-refractivity contribution is -0.709. The Kier molecular flexibility index (Phi) is 7.47. The van der Waals surface area contributed by atoms with Crippen molar-refractivity contribution >= 4 is 7.25 Å². The van der Waals surface area contributed by atoms with Crippen molar-refractivity contribution in [3.05, 3.63) is 0 Å². The van der Waals surface area contributed by atoms with Crippen molar-refractivity contribution in [2.75, 3.05) is 0 Å². The zero-order valence-corrected chi connectivity index (χ0v) is 7.82. The van der Waals surface area contributed by atoms with Crippen molar-refractivity contribution in [3.8, 4) is 0 Å². The minimum absolute atomic E-state index is 0.750. The quantitative estimate of drug-likeness (QED) is 0.502. The summed E-state index contributed by atoms with van der Waals surface area (Å²) in [4.78, 5) is 0. The highest BCUT2D eigenvalue weighted by Crippen LogP contribution is 2.06. The van der Waals surface area contributed by atoms with Gasteiger partial charge in [0.05, 0.1) is 12.1 Å². The molecule has 76 valence electrons. The molecular formula is C6H16BF4N. The Morgan fingerprint density at radius 3 is 1.00 bits per heavy atom. The number of halogens is 4. The van der Waals surface area contributed by atoms with Crippen LogP contribution in [0.2, 0.25) is 0 Å². The van der Waals surface area contributed by atoms with Gasteiger partial charge in [-0.15, -0.1) is 0 Å². The van der Waals surface area contributed by atoms with Crippen molar-refractivity contribution in [3.63, 3.8) is 0 Å². The van der Waals surface area contributed by atoms with Gasteiger partial charge in [-0.2, -0.15) is 0 Å². The summed E-state index contributed by atoms with van der Waals surface area (Å²) >= 11 is 0. The Labute approximate surface area is 70.6 Å². The van der Waals surface area contributed by atoms with E-state index in [-0.39, 0.29) is 0 Å². The Bertz CT molecular complexity index is 90.2. The van der Waals surface area contributed by atoms with Crippen LogP contribution in [0.4, 0.5) is 17.3 Å². The summed E-state index contributed by atoms with van der Waals surface area (Å²) in [6.45, 7) is 8.83. The minimum Gasteiger partial charge on any atom is -0.418 e. The molecule has 0 amide bonds. The van der Waals surface area contributed by atoms with Gasteiger partial charge >= 0.3 is 7.25 Å². The molecule has 0 spiro atoms. The van der Waals surface area contributed by atoms with E-state index < -0.39 is 7.25 Å². The third kappa shape index (κ3) is 53.1. The molecule has 0 saturated carbocycles. The van der Waals surface area contributed by atoms with Crippen LogP contribution in [0.25, 0.3) is 0 Å². The molecule has 1 nitrogen and oxygen atoms in total. The zero-order chi connectivity index (χ0) is 10.4. The minimum atomic E-state index is -6.00. The fourth-order valence-electron chi connectivity index (χ4n) is 0.770. The van der Waals surface area contributed by atoms with E-state index in [0.717, 1.165) is 12.1 Å². The second kappa shape index (κ2) is 6.28. The number of rotatable bonds is 2. The second-order valence-corrected chi connectivity index (χ2v) is 3.18. The van der Waals surface area contributed by atoms with E-state index in [0.29, 0.717) is 0 Å². The zero-order valence-electron chi connectivity index (χ0n) is 7.82. The van der Waals surface area contributed by atoms with Crippen molar-refractivity contribution < 1.29 is 22.6 Å². The molecule has 0 aromatic rings. The highest BCUT2D eigenvalue weighted by Gasteiger charge is 2.20. The molecule has 0 radical (unpaired) electrons. The first-order valence-electron chi connectivity index (χ1n) is 3.85. The van der Waals surface area contributed by atoms with E-state index in [1.54, 1.807) is 0 Å². The predicted molar refractivity (Wildman–Crippen MR) is 42.4 cm³/mol. The highest BCUT2D eigenvalue weighted by atomic mass is 19.5. The van der Waals surface area contributed by atoms with Gasteiger partial charge in [0.25, 0.3) is 0 Å². The van der Waals surface area contributed by atoms with Crippen molar-refractivity contribution in [1.29, 1.82) is 0 Å². The summed E-state index contributed by atoms with van der Waals surface area (Å²) in [5, 5.41) is 2.33. The van der Waals surface area contributed by atoms with Gasteiger partial charge in [-0.25, -0.2) is 0 Å². The summed E-state index contributed by atoms with van der Waals surface area (Å²) in [6.07, 6.45) is 0. The van der Waals surface area contributed by atoms with Gasteiger partial charge < -0.3 is 22.6 Å². The van der Waals surface area contributed by atoms with Gasteiger partial charge in [-0.05, 0) is 27.7 Å². The molecule has 0 rings (SSSR count). The van der Waals surface area contributed by atoms with Gasteiger partial charge in [0, 0.05) is 0 Å². The first-order valence-corrected chi connectivity index (χ1v) is 3.85. The van der Waals surface area contributed by atoms with Gasteiger partial charge in [0.15, 0.2) is 0 Å². The molecule has 0 bridgehead atoms. The molecule has 6 heteroatoms. The molecule has 0 aromatic heterocycles. The lowest BCUT2D eigenvalue weighted by atomic mass is 10.3. The SMILES string of the molecule is CC(C)[NH2+]C(C)C.F[B-](F)(F)F. The van der Waals surface area contributed by atoms with Gasteiger partial charge in [-0.1, -0.05) is 0 Å². The lowest BCUT2D eigenvalue weighted by Crippen LogP contribution is -2.92. The van der Waals surface area contributed by atoms with Crippen LogP contribution in [0.3, 0.4) is 0 Å². The van der Waals surface area contributed by atoms with Crippen LogP contribution < -0.4 is 5.32 Å². The third-order valence-corrected chi connectivity index (χ3v) is 0.770. The highest BCUT2D eigenvalue weighted by molar-refractivity contribution is 6.50. The Morgan fingerprint density at radius 2 is 1.00 bits per heavy atom. The van der Waals surface area contributed by atoms with Gasteiger partial charge in [0.1, 0.15) is 0 Å². The van der Waals surface area contributed by atoms with Gasteiger partial charge in [-0.3, -0.25) is 0 Å². The van der Waals surface area contributed by atoms with E-state index in [4.69, 9.17) is 0 Å². The van der Waals surface area contributed by atoms with E-state index in [9.17, 15) is 17.3 Å². The summed E-state index contributed by atoms with van der Waals surface area (Å²) in [6, 6.07) is 1.50. The fourth-order valence-corrected chi connectivity index (χ4v) is 0.770. The largest absolute Gasteiger partial charge is 0.673 e. The number of hydrogen-bond acceptors (Lipinski definition) is 0.